The first kappa shape index (κ1) is 15.9. The van der Waals surface area contributed by atoms with E-state index < -0.39 is 6.03 Å². The summed E-state index contributed by atoms with van der Waals surface area (Å²) < 4.78 is 0. The number of anilines is 3. The number of aromatic amines is 1. The van der Waals surface area contributed by atoms with Crippen molar-refractivity contribution in [3.05, 3.63) is 72.1 Å². The van der Waals surface area contributed by atoms with Crippen molar-refractivity contribution in [1.82, 2.24) is 10.2 Å². The van der Waals surface area contributed by atoms with Crippen molar-refractivity contribution in [3.8, 4) is 0 Å². The average molecular weight is 347 g/mol. The highest BCUT2D eigenvalue weighted by Crippen LogP contribution is 2.29. The normalized spacial score (nSPS) is 12.5. The molecule has 0 radical (unpaired) electrons. The number of hydrogen-bond acceptors (Lipinski definition) is 3. The number of aromatic nitrogens is 2. The minimum absolute atomic E-state index is 0.0751. The molecule has 3 N–H and O–H groups in total. The quantitative estimate of drug-likeness (QED) is 0.679. The molecule has 0 fully saturated rings. The Bertz CT molecular complexity index is 952. The van der Waals surface area contributed by atoms with E-state index in [1.165, 1.54) is 11.8 Å². The molecule has 4 rings (SSSR count). The second-order valence-corrected chi connectivity index (χ2v) is 5.98. The summed E-state index contributed by atoms with van der Waals surface area (Å²) in [6, 6.07) is 14.4. The predicted octanol–water partition coefficient (Wildman–Crippen LogP) is 3.26. The largest absolute Gasteiger partial charge is 0.323 e. The lowest BCUT2D eigenvalue weighted by molar-refractivity contribution is 0.0989. The number of H-pyrrole nitrogens is 1. The number of urea groups is 1. The monoisotopic (exact) mass is 347 g/mol. The van der Waals surface area contributed by atoms with Gasteiger partial charge < -0.3 is 15.5 Å². The SMILES string of the molecule is O=C(Nc1cn[nH]c1)Nc1cccc(C(=O)N2CCc3ccccc32)c1. The van der Waals surface area contributed by atoms with Crippen LogP contribution in [0.25, 0.3) is 0 Å². The molecule has 0 spiro atoms. The summed E-state index contributed by atoms with van der Waals surface area (Å²) in [5.41, 5.74) is 3.76. The summed E-state index contributed by atoms with van der Waals surface area (Å²) in [5, 5.41) is 11.8. The smallest absolute Gasteiger partial charge is 0.308 e. The summed E-state index contributed by atoms with van der Waals surface area (Å²) in [5.74, 6) is -0.0751. The summed E-state index contributed by atoms with van der Waals surface area (Å²) in [6.45, 7) is 0.664. The lowest BCUT2D eigenvalue weighted by atomic mass is 10.1. The number of amides is 3. The first-order valence-corrected chi connectivity index (χ1v) is 8.27. The van der Waals surface area contributed by atoms with Crippen molar-refractivity contribution in [1.29, 1.82) is 0 Å². The van der Waals surface area contributed by atoms with E-state index in [9.17, 15) is 9.59 Å². The van der Waals surface area contributed by atoms with E-state index >= 15 is 0 Å². The number of benzene rings is 2. The molecule has 1 aromatic heterocycles. The van der Waals surface area contributed by atoms with Gasteiger partial charge in [0.1, 0.15) is 0 Å². The highest BCUT2D eigenvalue weighted by atomic mass is 16.2. The Balaban J connectivity index is 1.49. The first-order chi connectivity index (χ1) is 12.7. The number of nitrogens with zero attached hydrogens (tertiary/aromatic N) is 2. The van der Waals surface area contributed by atoms with E-state index in [2.05, 4.69) is 20.8 Å². The molecule has 26 heavy (non-hydrogen) atoms. The average Bonchev–Trinajstić information content (AvgIpc) is 3.30. The topological polar surface area (TPSA) is 90.1 Å². The third-order valence-corrected chi connectivity index (χ3v) is 4.26. The molecular weight excluding hydrogens is 330 g/mol. The van der Waals surface area contributed by atoms with Crippen LogP contribution in [-0.4, -0.2) is 28.7 Å². The van der Waals surface area contributed by atoms with Crippen molar-refractivity contribution in [2.45, 2.75) is 6.42 Å². The van der Waals surface area contributed by atoms with Crippen molar-refractivity contribution in [2.75, 3.05) is 22.1 Å². The van der Waals surface area contributed by atoms with Gasteiger partial charge >= 0.3 is 6.03 Å². The predicted molar refractivity (Wildman–Crippen MR) is 99.5 cm³/mol. The molecule has 1 aliphatic heterocycles. The fourth-order valence-electron chi connectivity index (χ4n) is 3.05. The summed E-state index contributed by atoms with van der Waals surface area (Å²) in [7, 11) is 0. The molecule has 7 heteroatoms. The van der Waals surface area contributed by atoms with Gasteiger partial charge in [-0.05, 0) is 36.2 Å². The van der Waals surface area contributed by atoms with Gasteiger partial charge in [0.2, 0.25) is 0 Å². The highest BCUT2D eigenvalue weighted by Gasteiger charge is 2.25. The molecule has 0 bridgehead atoms. The van der Waals surface area contributed by atoms with E-state index in [-0.39, 0.29) is 5.91 Å². The van der Waals surface area contributed by atoms with Gasteiger partial charge in [0.25, 0.3) is 5.91 Å². The number of hydrogen-bond donors (Lipinski definition) is 3. The van der Waals surface area contributed by atoms with E-state index in [1.807, 2.05) is 24.3 Å². The third-order valence-electron chi connectivity index (χ3n) is 4.26. The van der Waals surface area contributed by atoms with Crippen LogP contribution in [0.1, 0.15) is 15.9 Å². The maximum absolute atomic E-state index is 12.9. The maximum atomic E-state index is 12.9. The zero-order valence-electron chi connectivity index (χ0n) is 13.9. The lowest BCUT2D eigenvalue weighted by Crippen LogP contribution is -2.29. The molecule has 0 unspecified atom stereocenters. The number of carbonyl (C=O) groups excluding carboxylic acids is 2. The summed E-state index contributed by atoms with van der Waals surface area (Å²) >= 11 is 0. The molecule has 0 saturated carbocycles. The molecule has 3 aromatic rings. The van der Waals surface area contributed by atoms with Crippen LogP contribution in [0.2, 0.25) is 0 Å². The number of carbonyl (C=O) groups is 2. The fourth-order valence-corrected chi connectivity index (χ4v) is 3.05. The van der Waals surface area contributed by atoms with Gasteiger partial charge in [-0.3, -0.25) is 9.89 Å². The van der Waals surface area contributed by atoms with E-state index in [4.69, 9.17) is 0 Å². The Morgan fingerprint density at radius 1 is 1.04 bits per heavy atom. The van der Waals surface area contributed by atoms with Crippen LogP contribution in [-0.2, 0) is 6.42 Å². The van der Waals surface area contributed by atoms with Gasteiger partial charge in [-0.15, -0.1) is 0 Å². The molecule has 2 heterocycles. The van der Waals surface area contributed by atoms with Crippen LogP contribution in [0.3, 0.4) is 0 Å². The fraction of sp³-hybridized carbons (Fsp3) is 0.105. The zero-order chi connectivity index (χ0) is 17.9. The van der Waals surface area contributed by atoms with Crippen LogP contribution in [0.4, 0.5) is 21.9 Å². The molecule has 1 aliphatic rings. The summed E-state index contributed by atoms with van der Waals surface area (Å²) in [4.78, 5) is 26.7. The van der Waals surface area contributed by atoms with Crippen LogP contribution in [0, 0.1) is 0 Å². The van der Waals surface area contributed by atoms with Crippen molar-refractivity contribution in [3.63, 3.8) is 0 Å². The Kier molecular flexibility index (Phi) is 4.10. The standard InChI is InChI=1S/C19H17N5O2/c25-18(24-9-8-13-4-1-2-7-17(13)24)14-5-3-6-15(10-14)22-19(26)23-16-11-20-21-12-16/h1-7,10-12H,8-9H2,(H,20,21)(H2,22,23,26). The van der Waals surface area contributed by atoms with Gasteiger partial charge in [0, 0.05) is 29.7 Å². The molecule has 7 nitrogen and oxygen atoms in total. The maximum Gasteiger partial charge on any atom is 0.323 e. The van der Waals surface area contributed by atoms with E-state index in [1.54, 1.807) is 35.4 Å². The Labute approximate surface area is 150 Å². The first-order valence-electron chi connectivity index (χ1n) is 8.27. The minimum atomic E-state index is -0.400. The summed E-state index contributed by atoms with van der Waals surface area (Å²) in [6.07, 6.45) is 3.93. The Hall–Kier alpha value is -3.61. The molecule has 0 aliphatic carbocycles. The number of para-hydroxylation sites is 1. The van der Waals surface area contributed by atoms with E-state index in [0.29, 0.717) is 23.5 Å². The third kappa shape index (κ3) is 3.14. The number of nitrogens with one attached hydrogen (secondary N) is 3. The molecular formula is C19H17N5O2. The number of rotatable bonds is 3. The van der Waals surface area contributed by atoms with Crippen molar-refractivity contribution in [2.24, 2.45) is 0 Å². The lowest BCUT2D eigenvalue weighted by Gasteiger charge is -2.18. The highest BCUT2D eigenvalue weighted by molar-refractivity contribution is 6.08. The van der Waals surface area contributed by atoms with Crippen LogP contribution < -0.4 is 15.5 Å². The molecule has 3 amide bonds. The van der Waals surface area contributed by atoms with Crippen LogP contribution in [0.15, 0.2) is 60.9 Å². The number of fused-ring (bicyclic) bond motifs is 1. The van der Waals surface area contributed by atoms with Gasteiger partial charge in [-0.2, -0.15) is 5.10 Å². The minimum Gasteiger partial charge on any atom is -0.308 e. The van der Waals surface area contributed by atoms with Gasteiger partial charge in [-0.25, -0.2) is 4.79 Å². The zero-order valence-corrected chi connectivity index (χ0v) is 13.9. The Morgan fingerprint density at radius 3 is 2.73 bits per heavy atom. The van der Waals surface area contributed by atoms with Crippen LogP contribution >= 0.6 is 0 Å². The molecule has 0 saturated heterocycles. The van der Waals surface area contributed by atoms with E-state index in [0.717, 1.165) is 12.1 Å². The second-order valence-electron chi connectivity index (χ2n) is 5.98. The van der Waals surface area contributed by atoms with Crippen molar-refractivity contribution < 1.29 is 9.59 Å². The van der Waals surface area contributed by atoms with Gasteiger partial charge in [-0.1, -0.05) is 24.3 Å². The molecule has 0 atom stereocenters. The van der Waals surface area contributed by atoms with Crippen molar-refractivity contribution >= 4 is 29.0 Å². The second kappa shape index (κ2) is 6.72. The Morgan fingerprint density at radius 2 is 1.88 bits per heavy atom. The molecule has 130 valence electrons. The van der Waals surface area contributed by atoms with Gasteiger partial charge in [0.15, 0.2) is 0 Å². The van der Waals surface area contributed by atoms with Crippen LogP contribution in [0.5, 0.6) is 0 Å². The van der Waals surface area contributed by atoms with Gasteiger partial charge in [0.05, 0.1) is 11.9 Å². The molecule has 2 aromatic carbocycles.